The Morgan fingerprint density at radius 3 is 2.10 bits per heavy atom. The van der Waals surface area contributed by atoms with Crippen LogP contribution in [0.4, 0.5) is 0 Å². The van der Waals surface area contributed by atoms with E-state index in [1.807, 2.05) is 7.05 Å². The molecule has 1 N–H and O–H groups in total. The lowest BCUT2D eigenvalue weighted by Gasteiger charge is -2.11. The standard InChI is InChI=1S/C17H23N3/c1-12-5-7-15(8-6-12)11-17-19-13(2)16(9-10-18-4)14(3)20-17/h5-8,18H,9-11H2,1-4H3. The summed E-state index contributed by atoms with van der Waals surface area (Å²) in [6.07, 6.45) is 1.78. The van der Waals surface area contributed by atoms with Crippen LogP contribution in [0.2, 0.25) is 0 Å². The van der Waals surface area contributed by atoms with Gasteiger partial charge in [-0.15, -0.1) is 0 Å². The Hall–Kier alpha value is -1.74. The van der Waals surface area contributed by atoms with E-state index >= 15 is 0 Å². The first-order chi connectivity index (χ1) is 9.60. The summed E-state index contributed by atoms with van der Waals surface area (Å²) in [4.78, 5) is 9.33. The van der Waals surface area contributed by atoms with Crippen molar-refractivity contribution in [2.75, 3.05) is 13.6 Å². The Labute approximate surface area is 121 Å². The van der Waals surface area contributed by atoms with Gasteiger partial charge in [-0.2, -0.15) is 0 Å². The summed E-state index contributed by atoms with van der Waals surface area (Å²) in [7, 11) is 1.97. The largest absolute Gasteiger partial charge is 0.319 e. The van der Waals surface area contributed by atoms with Gasteiger partial charge in [0.05, 0.1) is 0 Å². The van der Waals surface area contributed by atoms with Gasteiger partial charge in [-0.1, -0.05) is 29.8 Å². The van der Waals surface area contributed by atoms with Gasteiger partial charge in [0.25, 0.3) is 0 Å². The van der Waals surface area contributed by atoms with E-state index in [0.29, 0.717) is 0 Å². The van der Waals surface area contributed by atoms with Gasteiger partial charge in [-0.3, -0.25) is 0 Å². The van der Waals surface area contributed by atoms with Gasteiger partial charge >= 0.3 is 0 Å². The Kier molecular flexibility index (Phi) is 4.85. The van der Waals surface area contributed by atoms with E-state index in [2.05, 4.69) is 60.3 Å². The van der Waals surface area contributed by atoms with Crippen LogP contribution >= 0.6 is 0 Å². The van der Waals surface area contributed by atoms with E-state index < -0.39 is 0 Å². The van der Waals surface area contributed by atoms with Crippen LogP contribution in [0.5, 0.6) is 0 Å². The van der Waals surface area contributed by atoms with Crippen LogP contribution < -0.4 is 5.32 Å². The Balaban J connectivity index is 2.19. The van der Waals surface area contributed by atoms with Gasteiger partial charge in [0.1, 0.15) is 5.82 Å². The molecule has 1 aromatic heterocycles. The van der Waals surface area contributed by atoms with Crippen LogP contribution in [0.25, 0.3) is 0 Å². The lowest BCUT2D eigenvalue weighted by atomic mass is 10.1. The third-order valence-electron chi connectivity index (χ3n) is 3.57. The highest BCUT2D eigenvalue weighted by Gasteiger charge is 2.08. The number of nitrogens with zero attached hydrogens (tertiary/aromatic N) is 2. The lowest BCUT2D eigenvalue weighted by molar-refractivity contribution is 0.766. The van der Waals surface area contributed by atoms with E-state index in [1.54, 1.807) is 0 Å². The number of benzene rings is 1. The fourth-order valence-corrected chi connectivity index (χ4v) is 2.39. The molecule has 1 heterocycles. The van der Waals surface area contributed by atoms with Crippen molar-refractivity contribution in [3.8, 4) is 0 Å². The molecule has 0 atom stereocenters. The zero-order chi connectivity index (χ0) is 14.5. The molecule has 0 amide bonds. The molecule has 2 rings (SSSR count). The second-order valence-corrected chi connectivity index (χ2v) is 5.31. The fraction of sp³-hybridized carbons (Fsp3) is 0.412. The summed E-state index contributed by atoms with van der Waals surface area (Å²) >= 11 is 0. The van der Waals surface area contributed by atoms with Gasteiger partial charge in [0, 0.05) is 17.8 Å². The molecule has 1 aromatic carbocycles. The summed E-state index contributed by atoms with van der Waals surface area (Å²) in [5, 5.41) is 3.17. The summed E-state index contributed by atoms with van der Waals surface area (Å²) < 4.78 is 0. The number of likely N-dealkylation sites (N-methyl/N-ethyl adjacent to an activating group) is 1. The van der Waals surface area contributed by atoms with E-state index in [-0.39, 0.29) is 0 Å². The highest BCUT2D eigenvalue weighted by atomic mass is 14.9. The third-order valence-corrected chi connectivity index (χ3v) is 3.57. The molecular weight excluding hydrogens is 246 g/mol. The molecule has 0 spiro atoms. The molecule has 0 fully saturated rings. The van der Waals surface area contributed by atoms with Crippen molar-refractivity contribution in [3.05, 3.63) is 58.2 Å². The van der Waals surface area contributed by atoms with Gasteiger partial charge in [0.15, 0.2) is 0 Å². The highest BCUT2D eigenvalue weighted by molar-refractivity contribution is 5.28. The molecular formula is C17H23N3. The van der Waals surface area contributed by atoms with Crippen molar-refractivity contribution in [2.45, 2.75) is 33.6 Å². The first-order valence-electron chi connectivity index (χ1n) is 7.13. The monoisotopic (exact) mass is 269 g/mol. The van der Waals surface area contributed by atoms with E-state index in [1.165, 1.54) is 16.7 Å². The predicted molar refractivity (Wildman–Crippen MR) is 83.1 cm³/mol. The lowest BCUT2D eigenvalue weighted by Crippen LogP contribution is -2.14. The van der Waals surface area contributed by atoms with Crippen molar-refractivity contribution in [1.29, 1.82) is 0 Å². The summed E-state index contributed by atoms with van der Waals surface area (Å²) in [6, 6.07) is 8.57. The normalized spacial score (nSPS) is 10.8. The number of rotatable bonds is 5. The molecule has 2 aromatic rings. The molecule has 3 heteroatoms. The SMILES string of the molecule is CNCCc1c(C)nc(Cc2ccc(C)cc2)nc1C. The van der Waals surface area contributed by atoms with E-state index in [0.717, 1.165) is 36.6 Å². The van der Waals surface area contributed by atoms with Crippen molar-refractivity contribution < 1.29 is 0 Å². The zero-order valence-electron chi connectivity index (χ0n) is 12.8. The molecule has 106 valence electrons. The summed E-state index contributed by atoms with van der Waals surface area (Å²) in [5.74, 6) is 0.914. The summed E-state index contributed by atoms with van der Waals surface area (Å²) in [6.45, 7) is 7.23. The minimum absolute atomic E-state index is 0.800. The molecule has 0 aliphatic heterocycles. The molecule has 0 radical (unpaired) electrons. The summed E-state index contributed by atoms with van der Waals surface area (Å²) in [5.41, 5.74) is 6.03. The topological polar surface area (TPSA) is 37.8 Å². The van der Waals surface area contributed by atoms with Gasteiger partial charge in [0.2, 0.25) is 0 Å². The maximum atomic E-state index is 4.67. The van der Waals surface area contributed by atoms with Crippen LogP contribution in [-0.4, -0.2) is 23.6 Å². The fourth-order valence-electron chi connectivity index (χ4n) is 2.39. The molecule has 0 saturated heterocycles. The molecule has 20 heavy (non-hydrogen) atoms. The highest BCUT2D eigenvalue weighted by Crippen LogP contribution is 2.13. The smallest absolute Gasteiger partial charge is 0.133 e. The van der Waals surface area contributed by atoms with Crippen LogP contribution in [0.1, 0.15) is 33.9 Å². The second kappa shape index (κ2) is 6.62. The molecule has 0 aliphatic rings. The Morgan fingerprint density at radius 1 is 0.950 bits per heavy atom. The number of hydrogen-bond acceptors (Lipinski definition) is 3. The molecule has 0 aliphatic carbocycles. The predicted octanol–water partition coefficient (Wildman–Crippen LogP) is 2.75. The number of aromatic nitrogens is 2. The van der Waals surface area contributed by atoms with Gasteiger partial charge in [-0.05, 0) is 51.9 Å². The Bertz CT molecular complexity index is 550. The van der Waals surface area contributed by atoms with Crippen LogP contribution in [0.15, 0.2) is 24.3 Å². The van der Waals surface area contributed by atoms with E-state index in [9.17, 15) is 0 Å². The van der Waals surface area contributed by atoms with Crippen molar-refractivity contribution in [3.63, 3.8) is 0 Å². The molecule has 0 unspecified atom stereocenters. The first-order valence-corrected chi connectivity index (χ1v) is 7.13. The minimum Gasteiger partial charge on any atom is -0.319 e. The van der Waals surface area contributed by atoms with Crippen LogP contribution in [-0.2, 0) is 12.8 Å². The first kappa shape index (κ1) is 14.7. The molecule has 0 bridgehead atoms. The number of aryl methyl sites for hydroxylation is 3. The average Bonchev–Trinajstić information content (AvgIpc) is 2.41. The Morgan fingerprint density at radius 2 is 1.55 bits per heavy atom. The van der Waals surface area contributed by atoms with Gasteiger partial charge in [-0.25, -0.2) is 9.97 Å². The maximum Gasteiger partial charge on any atom is 0.133 e. The van der Waals surface area contributed by atoms with Crippen molar-refractivity contribution in [2.24, 2.45) is 0 Å². The van der Waals surface area contributed by atoms with Crippen LogP contribution in [0.3, 0.4) is 0 Å². The van der Waals surface area contributed by atoms with Gasteiger partial charge < -0.3 is 5.32 Å². The maximum absolute atomic E-state index is 4.67. The average molecular weight is 269 g/mol. The molecule has 0 saturated carbocycles. The number of hydrogen-bond donors (Lipinski definition) is 1. The minimum atomic E-state index is 0.800. The van der Waals surface area contributed by atoms with E-state index in [4.69, 9.17) is 0 Å². The van der Waals surface area contributed by atoms with Crippen LogP contribution in [0, 0.1) is 20.8 Å². The van der Waals surface area contributed by atoms with Crippen molar-refractivity contribution in [1.82, 2.24) is 15.3 Å². The number of nitrogens with one attached hydrogen (secondary N) is 1. The quantitative estimate of drug-likeness (QED) is 0.907. The zero-order valence-corrected chi connectivity index (χ0v) is 12.8. The van der Waals surface area contributed by atoms with Crippen molar-refractivity contribution >= 4 is 0 Å². The second-order valence-electron chi connectivity index (χ2n) is 5.31. The molecule has 3 nitrogen and oxygen atoms in total. The third kappa shape index (κ3) is 3.64.